The third-order valence-corrected chi connectivity index (χ3v) is 4.82. The molecule has 1 aliphatic carbocycles. The van der Waals surface area contributed by atoms with E-state index in [1.54, 1.807) is 0 Å². The molecule has 1 aliphatic heterocycles. The Bertz CT molecular complexity index is 424. The zero-order valence-electron chi connectivity index (χ0n) is 11.9. The van der Waals surface area contributed by atoms with E-state index in [0.29, 0.717) is 6.04 Å². The van der Waals surface area contributed by atoms with Crippen molar-refractivity contribution < 1.29 is 0 Å². The predicted octanol–water partition coefficient (Wildman–Crippen LogP) is 3.26. The summed E-state index contributed by atoms with van der Waals surface area (Å²) in [6.07, 6.45) is 10.2. The first-order chi connectivity index (χ1) is 9.27. The van der Waals surface area contributed by atoms with Gasteiger partial charge in [0, 0.05) is 30.4 Å². The monoisotopic (exact) mass is 259 g/mol. The third kappa shape index (κ3) is 2.48. The summed E-state index contributed by atoms with van der Waals surface area (Å²) >= 11 is 0. The molecule has 2 unspecified atom stereocenters. The summed E-state index contributed by atoms with van der Waals surface area (Å²) in [6.45, 7) is 3.21. The van der Waals surface area contributed by atoms with Crippen molar-refractivity contribution in [3.8, 4) is 0 Å². The van der Waals surface area contributed by atoms with Crippen molar-refractivity contribution in [2.24, 2.45) is 11.7 Å². The van der Waals surface area contributed by atoms with Crippen LogP contribution in [0.15, 0.2) is 18.3 Å². The molecule has 3 nitrogen and oxygen atoms in total. The second-order valence-corrected chi connectivity index (χ2v) is 6.15. The van der Waals surface area contributed by atoms with Crippen molar-refractivity contribution >= 4 is 5.82 Å². The third-order valence-electron chi connectivity index (χ3n) is 4.82. The fourth-order valence-corrected chi connectivity index (χ4v) is 3.89. The molecular weight excluding hydrogens is 234 g/mol. The van der Waals surface area contributed by atoms with Crippen LogP contribution >= 0.6 is 0 Å². The average Bonchev–Trinajstić information content (AvgIpc) is 3.09. The van der Waals surface area contributed by atoms with E-state index in [-0.39, 0.29) is 6.04 Å². The molecule has 104 valence electrons. The minimum absolute atomic E-state index is 0.0635. The van der Waals surface area contributed by atoms with Crippen LogP contribution in [0.4, 0.5) is 5.82 Å². The van der Waals surface area contributed by atoms with Crippen molar-refractivity contribution in [2.45, 2.75) is 57.5 Å². The van der Waals surface area contributed by atoms with Gasteiger partial charge in [0.25, 0.3) is 0 Å². The van der Waals surface area contributed by atoms with Crippen LogP contribution in [0.3, 0.4) is 0 Å². The maximum absolute atomic E-state index is 6.11. The molecule has 1 aromatic rings. The highest BCUT2D eigenvalue weighted by molar-refractivity contribution is 5.50. The maximum Gasteiger partial charge on any atom is 0.133 e. The van der Waals surface area contributed by atoms with Gasteiger partial charge in [0.1, 0.15) is 5.82 Å². The summed E-state index contributed by atoms with van der Waals surface area (Å²) in [4.78, 5) is 7.20. The Hall–Kier alpha value is -1.09. The van der Waals surface area contributed by atoms with Crippen molar-refractivity contribution in [1.29, 1.82) is 0 Å². The Kier molecular flexibility index (Phi) is 3.74. The van der Waals surface area contributed by atoms with E-state index >= 15 is 0 Å². The molecule has 3 rings (SSSR count). The first-order valence-electron chi connectivity index (χ1n) is 7.74. The van der Waals surface area contributed by atoms with Crippen LogP contribution in [0.25, 0.3) is 0 Å². The van der Waals surface area contributed by atoms with Crippen LogP contribution in [0.2, 0.25) is 0 Å². The smallest absolute Gasteiger partial charge is 0.133 e. The predicted molar refractivity (Wildman–Crippen MR) is 79.2 cm³/mol. The first-order valence-corrected chi connectivity index (χ1v) is 7.74. The van der Waals surface area contributed by atoms with Crippen LogP contribution in [-0.4, -0.2) is 17.6 Å². The molecular formula is C16H25N3. The molecule has 0 spiro atoms. The van der Waals surface area contributed by atoms with Crippen molar-refractivity contribution in [1.82, 2.24) is 4.98 Å². The standard InChI is InChI=1S/C16H25N3/c1-12(17)14-8-4-10-18-16(14)19-11-5-9-15(19)13-6-2-3-7-13/h4,8,10,12-13,15H,2-3,5-7,9,11,17H2,1H3. The van der Waals surface area contributed by atoms with Gasteiger partial charge in [-0.25, -0.2) is 4.98 Å². The number of hydrogen-bond acceptors (Lipinski definition) is 3. The van der Waals surface area contributed by atoms with Crippen LogP contribution in [0.5, 0.6) is 0 Å². The highest BCUT2D eigenvalue weighted by atomic mass is 15.2. The van der Waals surface area contributed by atoms with Gasteiger partial charge in [-0.1, -0.05) is 18.9 Å². The lowest BCUT2D eigenvalue weighted by atomic mass is 9.95. The van der Waals surface area contributed by atoms with E-state index in [1.165, 1.54) is 44.1 Å². The number of aromatic nitrogens is 1. The molecule has 2 heterocycles. The highest BCUT2D eigenvalue weighted by Crippen LogP contribution is 2.38. The lowest BCUT2D eigenvalue weighted by Crippen LogP contribution is -2.36. The van der Waals surface area contributed by atoms with E-state index in [2.05, 4.69) is 22.9 Å². The van der Waals surface area contributed by atoms with Gasteiger partial charge < -0.3 is 10.6 Å². The van der Waals surface area contributed by atoms with Crippen LogP contribution in [0, 0.1) is 5.92 Å². The quantitative estimate of drug-likeness (QED) is 0.906. The molecule has 2 fully saturated rings. The normalized spacial score (nSPS) is 26.0. The summed E-state index contributed by atoms with van der Waals surface area (Å²) in [5.74, 6) is 2.03. The van der Waals surface area contributed by atoms with Crippen molar-refractivity contribution in [2.75, 3.05) is 11.4 Å². The minimum atomic E-state index is 0.0635. The molecule has 19 heavy (non-hydrogen) atoms. The average molecular weight is 259 g/mol. The molecule has 2 atom stereocenters. The molecule has 0 bridgehead atoms. The topological polar surface area (TPSA) is 42.1 Å². The second kappa shape index (κ2) is 5.49. The molecule has 3 heteroatoms. The SMILES string of the molecule is CC(N)c1cccnc1N1CCCC1C1CCCC1. The number of nitrogens with two attached hydrogens (primary N) is 1. The van der Waals surface area contributed by atoms with E-state index < -0.39 is 0 Å². The van der Waals surface area contributed by atoms with Gasteiger partial charge in [-0.05, 0) is 44.6 Å². The Morgan fingerprint density at radius 3 is 2.79 bits per heavy atom. The molecule has 0 aromatic carbocycles. The maximum atomic E-state index is 6.11. The lowest BCUT2D eigenvalue weighted by Gasteiger charge is -2.32. The molecule has 0 amide bonds. The van der Waals surface area contributed by atoms with Gasteiger partial charge >= 0.3 is 0 Å². The molecule has 0 radical (unpaired) electrons. The van der Waals surface area contributed by atoms with E-state index in [9.17, 15) is 0 Å². The molecule has 1 aromatic heterocycles. The lowest BCUT2D eigenvalue weighted by molar-refractivity contribution is 0.428. The van der Waals surface area contributed by atoms with Gasteiger partial charge in [0.15, 0.2) is 0 Å². The second-order valence-electron chi connectivity index (χ2n) is 6.15. The molecule has 2 aliphatic rings. The zero-order chi connectivity index (χ0) is 13.2. The van der Waals surface area contributed by atoms with Gasteiger partial charge in [-0.15, -0.1) is 0 Å². The van der Waals surface area contributed by atoms with Gasteiger partial charge in [-0.2, -0.15) is 0 Å². The summed E-state index contributed by atoms with van der Waals surface area (Å²) in [5, 5.41) is 0. The summed E-state index contributed by atoms with van der Waals surface area (Å²) in [7, 11) is 0. The Morgan fingerprint density at radius 2 is 2.05 bits per heavy atom. The summed E-state index contributed by atoms with van der Waals surface area (Å²) in [5.41, 5.74) is 7.32. The highest BCUT2D eigenvalue weighted by Gasteiger charge is 2.34. The van der Waals surface area contributed by atoms with Gasteiger partial charge in [-0.3, -0.25) is 0 Å². The number of pyridine rings is 1. The number of anilines is 1. The Labute approximate surface area is 116 Å². The van der Waals surface area contributed by atoms with Crippen molar-refractivity contribution in [3.63, 3.8) is 0 Å². The number of rotatable bonds is 3. The van der Waals surface area contributed by atoms with Crippen LogP contribution in [-0.2, 0) is 0 Å². The van der Waals surface area contributed by atoms with E-state index in [0.717, 1.165) is 18.3 Å². The molecule has 1 saturated carbocycles. The number of nitrogens with zero attached hydrogens (tertiary/aromatic N) is 2. The van der Waals surface area contributed by atoms with Crippen LogP contribution < -0.4 is 10.6 Å². The number of hydrogen-bond donors (Lipinski definition) is 1. The fraction of sp³-hybridized carbons (Fsp3) is 0.688. The largest absolute Gasteiger partial charge is 0.353 e. The summed E-state index contributed by atoms with van der Waals surface area (Å²) in [6, 6.07) is 4.91. The molecule has 1 saturated heterocycles. The molecule has 2 N–H and O–H groups in total. The van der Waals surface area contributed by atoms with E-state index in [4.69, 9.17) is 5.73 Å². The van der Waals surface area contributed by atoms with Gasteiger partial charge in [0.2, 0.25) is 0 Å². The fourth-order valence-electron chi connectivity index (χ4n) is 3.89. The summed E-state index contributed by atoms with van der Waals surface area (Å²) < 4.78 is 0. The van der Waals surface area contributed by atoms with E-state index in [1.807, 2.05) is 12.3 Å². The Balaban J connectivity index is 1.87. The Morgan fingerprint density at radius 1 is 1.26 bits per heavy atom. The zero-order valence-corrected chi connectivity index (χ0v) is 11.9. The first kappa shape index (κ1) is 12.9. The van der Waals surface area contributed by atoms with Gasteiger partial charge in [0.05, 0.1) is 0 Å². The minimum Gasteiger partial charge on any atom is -0.353 e. The van der Waals surface area contributed by atoms with Crippen molar-refractivity contribution in [3.05, 3.63) is 23.9 Å². The van der Waals surface area contributed by atoms with Crippen LogP contribution in [0.1, 0.15) is 57.1 Å².